The van der Waals surface area contributed by atoms with Gasteiger partial charge in [-0.1, -0.05) is 12.1 Å². The van der Waals surface area contributed by atoms with Gasteiger partial charge < -0.3 is 4.90 Å². The molecule has 0 bridgehead atoms. The number of rotatable bonds is 4. The molecule has 3 rings (SSSR count). The smallest absolute Gasteiger partial charge is 0.246 e. The molecule has 1 fully saturated rings. The summed E-state index contributed by atoms with van der Waals surface area (Å²) in [7, 11) is -2.44. The Labute approximate surface area is 170 Å². The quantitative estimate of drug-likeness (QED) is 0.756. The largest absolute Gasteiger partial charge is 0.315 e. The molecular formula is C21H24F2N2O3S. The first kappa shape index (κ1) is 21.4. The predicted octanol–water partition coefficient (Wildman–Crippen LogP) is 3.65. The monoisotopic (exact) mass is 422 g/mol. The van der Waals surface area contributed by atoms with Crippen molar-refractivity contribution in [2.75, 3.05) is 25.0 Å². The van der Waals surface area contributed by atoms with Gasteiger partial charge in [-0.3, -0.25) is 4.79 Å². The van der Waals surface area contributed by atoms with Crippen LogP contribution in [0.1, 0.15) is 24.0 Å². The van der Waals surface area contributed by atoms with E-state index in [2.05, 4.69) is 0 Å². The van der Waals surface area contributed by atoms with Crippen molar-refractivity contribution < 1.29 is 22.0 Å². The Morgan fingerprint density at radius 2 is 1.72 bits per heavy atom. The van der Waals surface area contributed by atoms with Crippen LogP contribution in [0.4, 0.5) is 14.5 Å². The zero-order valence-corrected chi connectivity index (χ0v) is 17.5. The van der Waals surface area contributed by atoms with Crippen LogP contribution in [0, 0.1) is 31.4 Å². The van der Waals surface area contributed by atoms with Crippen molar-refractivity contribution in [3.8, 4) is 0 Å². The van der Waals surface area contributed by atoms with E-state index in [1.807, 2.05) is 32.0 Å². The van der Waals surface area contributed by atoms with Gasteiger partial charge in [-0.15, -0.1) is 0 Å². The molecule has 0 aliphatic carbocycles. The molecule has 5 nitrogen and oxygen atoms in total. The number of amides is 1. The molecule has 0 radical (unpaired) electrons. The van der Waals surface area contributed by atoms with Crippen LogP contribution in [-0.2, 0) is 14.8 Å². The Bertz CT molecular complexity index is 1030. The highest BCUT2D eigenvalue weighted by Crippen LogP contribution is 2.29. The number of sulfonamides is 1. The highest BCUT2D eigenvalue weighted by Gasteiger charge is 2.35. The van der Waals surface area contributed by atoms with Crippen LogP contribution in [-0.4, -0.2) is 38.8 Å². The van der Waals surface area contributed by atoms with Crippen molar-refractivity contribution in [3.63, 3.8) is 0 Å². The molecule has 0 unspecified atom stereocenters. The van der Waals surface area contributed by atoms with Gasteiger partial charge in [0.1, 0.15) is 16.5 Å². The first-order chi connectivity index (χ1) is 13.6. The maximum Gasteiger partial charge on any atom is 0.246 e. The lowest BCUT2D eigenvalue weighted by molar-refractivity contribution is -0.123. The number of benzene rings is 2. The highest BCUT2D eigenvalue weighted by molar-refractivity contribution is 7.89. The maximum absolute atomic E-state index is 14.0. The predicted molar refractivity (Wildman–Crippen MR) is 107 cm³/mol. The Morgan fingerprint density at radius 1 is 1.07 bits per heavy atom. The van der Waals surface area contributed by atoms with E-state index in [1.165, 1.54) is 0 Å². The minimum atomic E-state index is -4.16. The van der Waals surface area contributed by atoms with E-state index in [4.69, 9.17) is 0 Å². The summed E-state index contributed by atoms with van der Waals surface area (Å²) in [4.78, 5) is 13.9. The minimum absolute atomic E-state index is 0.0762. The molecule has 1 saturated heterocycles. The second-order valence-corrected chi connectivity index (χ2v) is 9.35. The van der Waals surface area contributed by atoms with Crippen LogP contribution in [0.5, 0.6) is 0 Å². The number of hydrogen-bond donors (Lipinski definition) is 0. The second kappa shape index (κ2) is 8.20. The summed E-state index contributed by atoms with van der Waals surface area (Å²) in [6.45, 7) is 4.04. The number of carbonyl (C=O) groups excluding carboxylic acids is 1. The van der Waals surface area contributed by atoms with Gasteiger partial charge in [0.25, 0.3) is 0 Å². The number of piperidine rings is 1. The molecule has 0 atom stereocenters. The molecule has 0 saturated carbocycles. The van der Waals surface area contributed by atoms with Crippen molar-refractivity contribution in [1.82, 2.24) is 4.31 Å². The van der Waals surface area contributed by atoms with Gasteiger partial charge in [0.05, 0.1) is 0 Å². The van der Waals surface area contributed by atoms with Crippen LogP contribution in [0.25, 0.3) is 0 Å². The van der Waals surface area contributed by atoms with E-state index in [0.717, 1.165) is 33.3 Å². The van der Waals surface area contributed by atoms with Crippen molar-refractivity contribution in [2.24, 2.45) is 5.92 Å². The van der Waals surface area contributed by atoms with Gasteiger partial charge in [-0.05, 0) is 62.1 Å². The van der Waals surface area contributed by atoms with Gasteiger partial charge in [-0.2, -0.15) is 4.31 Å². The van der Waals surface area contributed by atoms with E-state index >= 15 is 0 Å². The molecule has 1 aliphatic rings. The molecule has 8 heteroatoms. The van der Waals surface area contributed by atoms with Gasteiger partial charge in [-0.25, -0.2) is 17.2 Å². The normalized spacial score (nSPS) is 16.0. The summed E-state index contributed by atoms with van der Waals surface area (Å²) in [5.74, 6) is -2.21. The first-order valence-electron chi connectivity index (χ1n) is 9.41. The summed E-state index contributed by atoms with van der Waals surface area (Å²) in [6.07, 6.45) is 0.647. The first-order valence-corrected chi connectivity index (χ1v) is 10.9. The fraction of sp³-hybridized carbons (Fsp3) is 0.381. The molecule has 1 heterocycles. The Hall–Kier alpha value is -2.32. The molecule has 0 spiro atoms. The molecule has 29 heavy (non-hydrogen) atoms. The lowest BCUT2D eigenvalue weighted by atomic mass is 9.96. The number of carbonyl (C=O) groups is 1. The molecular weight excluding hydrogens is 398 g/mol. The minimum Gasteiger partial charge on any atom is -0.315 e. The van der Waals surface area contributed by atoms with E-state index < -0.39 is 26.6 Å². The summed E-state index contributed by atoms with van der Waals surface area (Å²) < 4.78 is 53.9. The third kappa shape index (κ3) is 4.33. The zero-order valence-electron chi connectivity index (χ0n) is 16.7. The highest BCUT2D eigenvalue weighted by atomic mass is 32.2. The number of hydrogen-bond acceptors (Lipinski definition) is 3. The van der Waals surface area contributed by atoms with Gasteiger partial charge >= 0.3 is 0 Å². The fourth-order valence-corrected chi connectivity index (χ4v) is 5.18. The third-order valence-electron chi connectivity index (χ3n) is 5.37. The average Bonchev–Trinajstić information content (AvgIpc) is 2.70. The Kier molecular flexibility index (Phi) is 6.05. The zero-order chi connectivity index (χ0) is 21.3. The Balaban J connectivity index is 1.72. The molecule has 1 amide bonds. The fourth-order valence-electron chi connectivity index (χ4n) is 3.63. The number of nitrogens with zero attached hydrogens (tertiary/aromatic N) is 2. The van der Waals surface area contributed by atoms with E-state index in [1.54, 1.807) is 11.9 Å². The molecule has 156 valence electrons. The lowest BCUT2D eigenvalue weighted by Gasteiger charge is -2.33. The summed E-state index contributed by atoms with van der Waals surface area (Å²) >= 11 is 0. The van der Waals surface area contributed by atoms with Gasteiger partial charge in [0, 0.05) is 31.7 Å². The van der Waals surface area contributed by atoms with E-state index in [-0.39, 0.29) is 24.9 Å². The molecule has 0 N–H and O–H groups in total. The van der Waals surface area contributed by atoms with Crippen LogP contribution in [0.3, 0.4) is 0 Å². The average molecular weight is 422 g/mol. The van der Waals surface area contributed by atoms with Crippen LogP contribution in [0.2, 0.25) is 0 Å². The van der Waals surface area contributed by atoms with Crippen molar-refractivity contribution in [2.45, 2.75) is 31.6 Å². The summed E-state index contributed by atoms with van der Waals surface area (Å²) in [5.41, 5.74) is 2.85. The number of anilines is 1. The van der Waals surface area contributed by atoms with Gasteiger partial charge in [0.2, 0.25) is 15.9 Å². The SMILES string of the molecule is Cc1ccc(C)c(N(C)C(=O)C2CCN(S(=O)(=O)c3cc(F)ccc3F)CC2)c1. The van der Waals surface area contributed by atoms with Crippen LogP contribution in [0.15, 0.2) is 41.3 Å². The lowest BCUT2D eigenvalue weighted by Crippen LogP contribution is -2.43. The molecule has 2 aromatic rings. The van der Waals surface area contributed by atoms with Crippen molar-refractivity contribution in [3.05, 3.63) is 59.2 Å². The molecule has 0 aromatic heterocycles. The molecule has 2 aromatic carbocycles. The second-order valence-electron chi connectivity index (χ2n) is 7.44. The third-order valence-corrected chi connectivity index (χ3v) is 7.28. The number of halogens is 2. The van der Waals surface area contributed by atoms with Crippen molar-refractivity contribution in [1.29, 1.82) is 0 Å². The summed E-state index contributed by atoms with van der Waals surface area (Å²) in [5, 5.41) is 0. The van der Waals surface area contributed by atoms with E-state index in [0.29, 0.717) is 18.9 Å². The van der Waals surface area contributed by atoms with Crippen molar-refractivity contribution >= 4 is 21.6 Å². The number of aryl methyl sites for hydroxylation is 2. The summed E-state index contributed by atoms with van der Waals surface area (Å²) in [6, 6.07) is 8.25. The Morgan fingerprint density at radius 3 is 2.38 bits per heavy atom. The maximum atomic E-state index is 14.0. The van der Waals surface area contributed by atoms with E-state index in [9.17, 15) is 22.0 Å². The standard InChI is InChI=1S/C21H24F2N2O3S/c1-14-4-5-15(2)19(12-14)24(3)21(26)16-8-10-25(11-9-16)29(27,28)20-13-17(22)6-7-18(20)23/h4-7,12-13,16H,8-11H2,1-3H3. The topological polar surface area (TPSA) is 57.7 Å². The van der Waals surface area contributed by atoms with Gasteiger partial charge in [0.15, 0.2) is 0 Å². The molecule has 1 aliphatic heterocycles. The van der Waals surface area contributed by atoms with Crippen LogP contribution >= 0.6 is 0 Å². The van der Waals surface area contributed by atoms with Crippen LogP contribution < -0.4 is 4.90 Å².